The molecule has 1 aliphatic heterocycles. The lowest BCUT2D eigenvalue weighted by molar-refractivity contribution is 0.0841. The van der Waals surface area contributed by atoms with Gasteiger partial charge in [0.1, 0.15) is 18.1 Å². The third-order valence-electron chi connectivity index (χ3n) is 4.88. The molecule has 140 valence electrons. The van der Waals surface area contributed by atoms with Gasteiger partial charge in [-0.25, -0.2) is 0 Å². The normalized spacial score (nSPS) is 17.0. The maximum atomic E-state index is 10.7. The second kappa shape index (κ2) is 8.11. The van der Waals surface area contributed by atoms with Crippen LogP contribution in [0, 0.1) is 5.41 Å². The fourth-order valence-electron chi connectivity index (χ4n) is 3.74. The molecule has 0 saturated carbocycles. The maximum absolute atomic E-state index is 10.7. The summed E-state index contributed by atoms with van der Waals surface area (Å²) in [6.45, 7) is 11.2. The fourth-order valence-corrected chi connectivity index (χ4v) is 3.74. The number of aromatic hydroxyl groups is 1. The Morgan fingerprint density at radius 1 is 1.08 bits per heavy atom. The van der Waals surface area contributed by atoms with Crippen molar-refractivity contribution in [3.8, 4) is 11.5 Å². The van der Waals surface area contributed by atoms with Gasteiger partial charge in [-0.2, -0.15) is 0 Å². The predicted octanol–water partition coefficient (Wildman–Crippen LogP) is 3.96. The molecule has 26 heavy (non-hydrogen) atoms. The maximum Gasteiger partial charge on any atom is 0.124 e. The first-order valence-corrected chi connectivity index (χ1v) is 9.39. The molecule has 2 N–H and O–H groups in total. The van der Waals surface area contributed by atoms with Crippen LogP contribution in [0.25, 0.3) is 0 Å². The van der Waals surface area contributed by atoms with E-state index in [2.05, 4.69) is 31.0 Å². The van der Waals surface area contributed by atoms with E-state index in [-0.39, 0.29) is 11.5 Å². The van der Waals surface area contributed by atoms with Crippen LogP contribution in [0.2, 0.25) is 0 Å². The minimum Gasteiger partial charge on any atom is -0.507 e. The molecule has 0 aromatic heterocycles. The van der Waals surface area contributed by atoms with Crippen molar-refractivity contribution < 1.29 is 9.84 Å². The van der Waals surface area contributed by atoms with Crippen molar-refractivity contribution in [2.75, 3.05) is 26.2 Å². The molecule has 1 saturated heterocycles. The number of hydrogen-bond donors (Lipinski definition) is 2. The fraction of sp³-hybridized carbons (Fsp3) is 0.455. The van der Waals surface area contributed by atoms with Crippen molar-refractivity contribution >= 4 is 0 Å². The second-order valence-corrected chi connectivity index (χ2v) is 8.05. The Morgan fingerprint density at radius 2 is 1.77 bits per heavy atom. The molecule has 1 fully saturated rings. The zero-order valence-corrected chi connectivity index (χ0v) is 16.0. The van der Waals surface area contributed by atoms with Gasteiger partial charge in [0.15, 0.2) is 0 Å². The first-order valence-electron chi connectivity index (χ1n) is 9.39. The molecule has 0 aliphatic carbocycles. The molecular formula is C22H30N2O2. The van der Waals surface area contributed by atoms with Crippen LogP contribution in [-0.4, -0.2) is 36.2 Å². The van der Waals surface area contributed by atoms with Gasteiger partial charge in [-0.15, -0.1) is 0 Å². The molecule has 4 nitrogen and oxygen atoms in total. The Hall–Kier alpha value is -2.04. The molecule has 2 aromatic carbocycles. The van der Waals surface area contributed by atoms with Crippen LogP contribution in [-0.2, 0) is 6.61 Å². The summed E-state index contributed by atoms with van der Waals surface area (Å²) < 4.78 is 5.86. The highest BCUT2D eigenvalue weighted by atomic mass is 16.5. The highest BCUT2D eigenvalue weighted by molar-refractivity contribution is 5.42. The Morgan fingerprint density at radius 3 is 2.38 bits per heavy atom. The van der Waals surface area contributed by atoms with Gasteiger partial charge in [-0.05, 0) is 17.0 Å². The highest BCUT2D eigenvalue weighted by Crippen LogP contribution is 2.42. The minimum absolute atomic E-state index is 0.0290. The molecule has 2 aromatic rings. The molecule has 0 radical (unpaired) electrons. The average Bonchev–Trinajstić information content (AvgIpc) is 2.62. The number of hydrogen-bond acceptors (Lipinski definition) is 4. The zero-order valence-electron chi connectivity index (χ0n) is 16.0. The Labute approximate surface area is 156 Å². The lowest BCUT2D eigenvalue weighted by atomic mass is 9.80. The summed E-state index contributed by atoms with van der Waals surface area (Å²) in [6.07, 6.45) is 0. The van der Waals surface area contributed by atoms with Crippen LogP contribution < -0.4 is 10.1 Å². The van der Waals surface area contributed by atoms with E-state index in [9.17, 15) is 5.11 Å². The Balaban J connectivity index is 1.78. The van der Waals surface area contributed by atoms with E-state index in [0.717, 1.165) is 37.3 Å². The van der Waals surface area contributed by atoms with E-state index in [1.165, 1.54) is 0 Å². The van der Waals surface area contributed by atoms with Crippen molar-refractivity contribution in [3.05, 3.63) is 59.7 Å². The van der Waals surface area contributed by atoms with Gasteiger partial charge in [-0.3, -0.25) is 4.90 Å². The summed E-state index contributed by atoms with van der Waals surface area (Å²) in [5, 5.41) is 14.1. The van der Waals surface area contributed by atoms with E-state index in [0.29, 0.717) is 18.1 Å². The van der Waals surface area contributed by atoms with E-state index >= 15 is 0 Å². The van der Waals surface area contributed by atoms with Gasteiger partial charge in [-0.1, -0.05) is 57.2 Å². The molecule has 1 heterocycles. The van der Waals surface area contributed by atoms with Gasteiger partial charge in [0.2, 0.25) is 0 Å². The molecule has 3 rings (SSSR count). The Kier molecular flexibility index (Phi) is 5.84. The third kappa shape index (κ3) is 4.57. The third-order valence-corrected chi connectivity index (χ3v) is 4.88. The van der Waals surface area contributed by atoms with Crippen molar-refractivity contribution in [2.45, 2.75) is 33.4 Å². The van der Waals surface area contributed by atoms with Gasteiger partial charge in [0.05, 0.1) is 0 Å². The average molecular weight is 354 g/mol. The molecule has 1 atom stereocenters. The van der Waals surface area contributed by atoms with Crippen molar-refractivity contribution in [3.63, 3.8) is 0 Å². The van der Waals surface area contributed by atoms with Gasteiger partial charge < -0.3 is 15.2 Å². The number of ether oxygens (including phenoxy) is 1. The summed E-state index contributed by atoms with van der Waals surface area (Å²) >= 11 is 0. The number of piperazine rings is 1. The van der Waals surface area contributed by atoms with Crippen LogP contribution in [0.15, 0.2) is 48.5 Å². The van der Waals surface area contributed by atoms with Crippen molar-refractivity contribution in [1.29, 1.82) is 0 Å². The number of phenolic OH excluding ortho intramolecular Hbond substituents is 1. The van der Waals surface area contributed by atoms with Crippen LogP contribution >= 0.6 is 0 Å². The van der Waals surface area contributed by atoms with Crippen LogP contribution in [0.4, 0.5) is 0 Å². The SMILES string of the molecule is CC(C)(C)[C@@H](c1ccc(OCc2ccccc2)cc1O)N1CCNCC1. The summed E-state index contributed by atoms with van der Waals surface area (Å²) in [5.74, 6) is 1.01. The predicted molar refractivity (Wildman–Crippen MR) is 106 cm³/mol. The number of phenols is 1. The lowest BCUT2D eigenvalue weighted by Gasteiger charge is -2.42. The quantitative estimate of drug-likeness (QED) is 0.853. The standard InChI is InChI=1S/C22H30N2O2/c1-22(2,3)21(24-13-11-23-12-14-24)19-10-9-18(15-20(19)25)26-16-17-7-5-4-6-8-17/h4-10,15,21,23,25H,11-14,16H2,1-3H3/t21-/m1/s1. The number of nitrogens with one attached hydrogen (secondary N) is 1. The van der Waals surface area contributed by atoms with E-state index in [1.807, 2.05) is 42.5 Å². The summed E-state index contributed by atoms with van der Waals surface area (Å²) in [7, 11) is 0. The Bertz CT molecular complexity index is 704. The van der Waals surface area contributed by atoms with Gasteiger partial charge >= 0.3 is 0 Å². The lowest BCUT2D eigenvalue weighted by Crippen LogP contribution is -2.48. The molecule has 0 amide bonds. The van der Waals surface area contributed by atoms with Crippen LogP contribution in [0.5, 0.6) is 11.5 Å². The van der Waals surface area contributed by atoms with Crippen LogP contribution in [0.3, 0.4) is 0 Å². The highest BCUT2D eigenvalue weighted by Gasteiger charge is 2.34. The number of nitrogens with zero attached hydrogens (tertiary/aromatic N) is 1. The van der Waals surface area contributed by atoms with Crippen molar-refractivity contribution in [2.24, 2.45) is 5.41 Å². The second-order valence-electron chi connectivity index (χ2n) is 8.05. The topological polar surface area (TPSA) is 44.7 Å². The van der Waals surface area contributed by atoms with E-state index in [1.54, 1.807) is 6.07 Å². The number of benzene rings is 2. The molecule has 0 unspecified atom stereocenters. The van der Waals surface area contributed by atoms with E-state index in [4.69, 9.17) is 4.74 Å². The largest absolute Gasteiger partial charge is 0.507 e. The molecular weight excluding hydrogens is 324 g/mol. The zero-order chi connectivity index (χ0) is 18.6. The smallest absolute Gasteiger partial charge is 0.124 e. The molecule has 0 bridgehead atoms. The molecule has 4 heteroatoms. The van der Waals surface area contributed by atoms with E-state index < -0.39 is 0 Å². The van der Waals surface area contributed by atoms with Crippen LogP contribution in [0.1, 0.15) is 37.9 Å². The first-order chi connectivity index (χ1) is 12.4. The molecule has 0 spiro atoms. The summed E-state index contributed by atoms with van der Waals surface area (Å²) in [4.78, 5) is 2.47. The monoisotopic (exact) mass is 354 g/mol. The molecule has 1 aliphatic rings. The van der Waals surface area contributed by atoms with Gasteiger partial charge in [0.25, 0.3) is 0 Å². The minimum atomic E-state index is 0.0290. The first kappa shape index (κ1) is 18.7. The summed E-state index contributed by atoms with van der Waals surface area (Å²) in [6, 6.07) is 16.0. The summed E-state index contributed by atoms with van der Waals surface area (Å²) in [5.41, 5.74) is 2.12. The van der Waals surface area contributed by atoms with Crippen molar-refractivity contribution in [1.82, 2.24) is 10.2 Å². The van der Waals surface area contributed by atoms with Gasteiger partial charge in [0, 0.05) is 43.9 Å². The number of rotatable bonds is 5.